The zero-order valence-corrected chi connectivity index (χ0v) is 15.1. The van der Waals surface area contributed by atoms with Gasteiger partial charge < -0.3 is 15.2 Å². The third-order valence-electron chi connectivity index (χ3n) is 3.83. The molecule has 0 saturated carbocycles. The van der Waals surface area contributed by atoms with E-state index in [1.54, 1.807) is 0 Å². The second kappa shape index (κ2) is 9.25. The number of halogens is 3. The number of amides is 1. The van der Waals surface area contributed by atoms with Crippen LogP contribution in [0.25, 0.3) is 0 Å². The fourth-order valence-corrected chi connectivity index (χ4v) is 2.51. The summed E-state index contributed by atoms with van der Waals surface area (Å²) in [6.45, 7) is 2.70. The molecule has 1 amide bonds. The molecule has 1 aliphatic rings. The highest BCUT2D eigenvalue weighted by Crippen LogP contribution is 2.26. The topological polar surface area (TPSA) is 104 Å². The Morgan fingerprint density at radius 3 is 2.64 bits per heavy atom. The van der Waals surface area contributed by atoms with Crippen LogP contribution >= 0.6 is 0 Å². The van der Waals surface area contributed by atoms with E-state index in [2.05, 4.69) is 21.6 Å². The van der Waals surface area contributed by atoms with Gasteiger partial charge in [0.2, 0.25) is 5.91 Å². The van der Waals surface area contributed by atoms with Crippen molar-refractivity contribution < 1.29 is 32.6 Å². The lowest BCUT2D eigenvalue weighted by atomic mass is 10.0. The molecule has 0 spiro atoms. The lowest BCUT2D eigenvalue weighted by Crippen LogP contribution is -2.21. The molecule has 3 rings (SSSR count). The average molecular weight is 399 g/mol. The molecule has 0 radical (unpaired) electrons. The van der Waals surface area contributed by atoms with Crippen molar-refractivity contribution >= 4 is 17.7 Å². The number of aromatic amines is 1. The number of carboxylic acid groups (broad SMARTS) is 1. The number of hydrogen-bond donors (Lipinski definition) is 3. The molecule has 0 aliphatic carbocycles. The van der Waals surface area contributed by atoms with Crippen LogP contribution < -0.4 is 10.1 Å². The average Bonchev–Trinajstić information content (AvgIpc) is 3.04. The second-order valence-corrected chi connectivity index (χ2v) is 6.18. The number of aryl methyl sites for hydroxylation is 3. The number of rotatable bonds is 4. The van der Waals surface area contributed by atoms with Crippen LogP contribution in [0.5, 0.6) is 5.75 Å². The van der Waals surface area contributed by atoms with Crippen LogP contribution in [0.3, 0.4) is 0 Å². The molecule has 0 atom stereocenters. The van der Waals surface area contributed by atoms with Crippen molar-refractivity contribution in [3.8, 4) is 5.75 Å². The van der Waals surface area contributed by atoms with E-state index in [-0.39, 0.29) is 5.91 Å². The van der Waals surface area contributed by atoms with Crippen LogP contribution in [0.4, 0.5) is 19.0 Å². The van der Waals surface area contributed by atoms with Crippen LogP contribution in [0.15, 0.2) is 24.3 Å². The van der Waals surface area contributed by atoms with Gasteiger partial charge in [0.15, 0.2) is 5.82 Å². The summed E-state index contributed by atoms with van der Waals surface area (Å²) in [7, 11) is 0. The van der Waals surface area contributed by atoms with Crippen molar-refractivity contribution in [3.05, 3.63) is 41.1 Å². The van der Waals surface area contributed by atoms with Gasteiger partial charge in [-0.05, 0) is 43.4 Å². The maximum absolute atomic E-state index is 11.9. The number of hydrogen-bond acceptors (Lipinski definition) is 4. The number of anilines is 1. The Morgan fingerprint density at radius 1 is 1.32 bits per heavy atom. The fourth-order valence-electron chi connectivity index (χ4n) is 2.51. The predicted octanol–water partition coefficient (Wildman–Crippen LogP) is 3.25. The molecule has 1 aromatic carbocycles. The standard InChI is InChI=1S/C16H19N3O2.C2HF3O2/c1-11-9-15(19-18-11)17-16(20)7-5-12-4-6-14-13(10-12)3-2-8-21-14;3-2(4,5)1(6)7/h4,6,9-10H,2-3,5,7-8H2,1H3,(H2,17,18,19,20);(H,6,7). The van der Waals surface area contributed by atoms with Gasteiger partial charge in [-0.3, -0.25) is 9.89 Å². The Kier molecular flexibility index (Phi) is 7.02. The Bertz CT molecular complexity index is 834. The Morgan fingerprint density at radius 2 is 2.04 bits per heavy atom. The summed E-state index contributed by atoms with van der Waals surface area (Å²) >= 11 is 0. The van der Waals surface area contributed by atoms with E-state index in [0.29, 0.717) is 12.2 Å². The highest BCUT2D eigenvalue weighted by Gasteiger charge is 2.38. The molecule has 2 aromatic rings. The van der Waals surface area contributed by atoms with Crippen LogP contribution in [0.2, 0.25) is 0 Å². The monoisotopic (exact) mass is 399 g/mol. The quantitative estimate of drug-likeness (QED) is 0.732. The van der Waals surface area contributed by atoms with Gasteiger partial charge in [0.25, 0.3) is 0 Å². The van der Waals surface area contributed by atoms with Crippen molar-refractivity contribution in [3.63, 3.8) is 0 Å². The fraction of sp³-hybridized carbons (Fsp3) is 0.389. The van der Waals surface area contributed by atoms with Crippen LogP contribution in [0.1, 0.15) is 29.7 Å². The number of nitrogens with zero attached hydrogens (tertiary/aromatic N) is 1. The van der Waals surface area contributed by atoms with Crippen molar-refractivity contribution in [2.24, 2.45) is 0 Å². The molecule has 0 fully saturated rings. The first-order valence-electron chi connectivity index (χ1n) is 8.51. The van der Waals surface area contributed by atoms with E-state index in [0.717, 1.165) is 37.3 Å². The number of fused-ring (bicyclic) bond motifs is 1. The van der Waals surface area contributed by atoms with Gasteiger partial charge in [-0.2, -0.15) is 18.3 Å². The van der Waals surface area contributed by atoms with E-state index in [9.17, 15) is 18.0 Å². The highest BCUT2D eigenvalue weighted by molar-refractivity contribution is 5.89. The number of H-pyrrole nitrogens is 1. The molecule has 0 bridgehead atoms. The lowest BCUT2D eigenvalue weighted by Gasteiger charge is -2.17. The highest BCUT2D eigenvalue weighted by atomic mass is 19.4. The summed E-state index contributed by atoms with van der Waals surface area (Å²) in [6.07, 6.45) is -1.79. The smallest absolute Gasteiger partial charge is 0.490 e. The molecule has 7 nitrogen and oxygen atoms in total. The number of carboxylic acids is 1. The zero-order valence-electron chi connectivity index (χ0n) is 15.1. The minimum Gasteiger partial charge on any atom is -0.493 e. The van der Waals surface area contributed by atoms with Crippen molar-refractivity contribution in [1.29, 1.82) is 0 Å². The molecule has 1 aliphatic heterocycles. The maximum atomic E-state index is 11.9. The molecule has 2 heterocycles. The number of nitrogens with one attached hydrogen (secondary N) is 2. The van der Waals surface area contributed by atoms with Crippen LogP contribution in [0, 0.1) is 6.92 Å². The molecule has 28 heavy (non-hydrogen) atoms. The summed E-state index contributed by atoms with van der Waals surface area (Å²) in [5.74, 6) is -1.21. The van der Waals surface area contributed by atoms with Gasteiger partial charge in [-0.1, -0.05) is 12.1 Å². The maximum Gasteiger partial charge on any atom is 0.490 e. The molecule has 0 unspecified atom stereocenters. The number of aromatic nitrogens is 2. The third kappa shape index (κ3) is 6.60. The molecular formula is C18H20F3N3O4. The third-order valence-corrected chi connectivity index (χ3v) is 3.83. The van der Waals surface area contributed by atoms with Crippen LogP contribution in [-0.2, 0) is 22.4 Å². The van der Waals surface area contributed by atoms with Gasteiger partial charge in [0.05, 0.1) is 6.61 Å². The van der Waals surface area contributed by atoms with Crippen molar-refractivity contribution in [2.75, 3.05) is 11.9 Å². The van der Waals surface area contributed by atoms with E-state index >= 15 is 0 Å². The van der Waals surface area contributed by atoms with Crippen molar-refractivity contribution in [1.82, 2.24) is 10.2 Å². The summed E-state index contributed by atoms with van der Waals surface area (Å²) in [6, 6.07) is 8.02. The van der Waals surface area contributed by atoms with Crippen molar-refractivity contribution in [2.45, 2.75) is 38.8 Å². The normalized spacial score (nSPS) is 12.9. The second-order valence-electron chi connectivity index (χ2n) is 6.18. The van der Waals surface area contributed by atoms with Gasteiger partial charge in [0.1, 0.15) is 5.75 Å². The molecule has 0 saturated heterocycles. The Balaban J connectivity index is 0.000000345. The number of carbonyl (C=O) groups excluding carboxylic acids is 1. The first kappa shape index (κ1) is 21.3. The van der Waals surface area contributed by atoms with E-state index < -0.39 is 12.1 Å². The first-order chi connectivity index (χ1) is 13.1. The minimum atomic E-state index is -5.08. The van der Waals surface area contributed by atoms with Gasteiger partial charge in [0, 0.05) is 18.2 Å². The largest absolute Gasteiger partial charge is 0.493 e. The van der Waals surface area contributed by atoms with Gasteiger partial charge >= 0.3 is 12.1 Å². The number of ether oxygens (including phenoxy) is 1. The van der Waals surface area contributed by atoms with E-state index in [4.69, 9.17) is 14.6 Å². The van der Waals surface area contributed by atoms with Gasteiger partial charge in [-0.15, -0.1) is 0 Å². The molecule has 1 aromatic heterocycles. The Hall–Kier alpha value is -3.04. The molecular weight excluding hydrogens is 379 g/mol. The zero-order chi connectivity index (χ0) is 20.7. The van der Waals surface area contributed by atoms with E-state index in [1.807, 2.05) is 25.1 Å². The molecule has 10 heteroatoms. The number of benzene rings is 1. The number of alkyl halides is 3. The summed E-state index contributed by atoms with van der Waals surface area (Å²) < 4.78 is 37.3. The van der Waals surface area contributed by atoms with Crippen LogP contribution in [-0.4, -0.2) is 40.0 Å². The SMILES string of the molecule is Cc1cc(NC(=O)CCc2ccc3c(c2)CCCO3)n[nH]1.O=C(O)C(F)(F)F. The van der Waals surface area contributed by atoms with Gasteiger partial charge in [-0.25, -0.2) is 4.79 Å². The predicted molar refractivity (Wildman–Crippen MR) is 94.2 cm³/mol. The number of aliphatic carboxylic acids is 1. The molecule has 152 valence electrons. The number of carbonyl (C=O) groups is 2. The summed E-state index contributed by atoms with van der Waals surface area (Å²) in [5.41, 5.74) is 3.36. The summed E-state index contributed by atoms with van der Waals surface area (Å²) in [5, 5.41) is 16.7. The summed E-state index contributed by atoms with van der Waals surface area (Å²) in [4.78, 5) is 20.8. The molecule has 3 N–H and O–H groups in total. The Labute approximate surface area is 158 Å². The van der Waals surface area contributed by atoms with E-state index in [1.165, 1.54) is 11.1 Å². The minimum absolute atomic E-state index is 0.0181. The first-order valence-corrected chi connectivity index (χ1v) is 8.51. The lowest BCUT2D eigenvalue weighted by molar-refractivity contribution is -0.192.